The third-order valence-corrected chi connectivity index (χ3v) is 12.4. The van der Waals surface area contributed by atoms with Crippen LogP contribution in [0.4, 0.5) is 0 Å². The smallest absolute Gasteiger partial charge is 0.164 e. The Hall–Kier alpha value is -7.54. The molecule has 0 aliphatic heterocycles. The zero-order valence-electron chi connectivity index (χ0n) is 31.0. The van der Waals surface area contributed by atoms with Crippen LogP contribution in [0.15, 0.2) is 188 Å². The SMILES string of the molecule is c1cc(-c2nc(-c3ccc(-c4nc5ccccc5c5sc6ccccc6c45)cc3)nc(-c3ccc4ccccc4c3)n2)cc(-n2c3ccccc3c3ccccc32)c1. The molecule has 0 spiro atoms. The van der Waals surface area contributed by atoms with Crippen molar-refractivity contribution in [3.8, 4) is 51.1 Å². The third-order valence-electron chi connectivity index (χ3n) is 11.2. The van der Waals surface area contributed by atoms with E-state index in [4.69, 9.17) is 19.9 Å². The summed E-state index contributed by atoms with van der Waals surface area (Å²) in [7, 11) is 0. The Morgan fingerprint density at radius 2 is 0.948 bits per heavy atom. The average molecular weight is 758 g/mol. The van der Waals surface area contributed by atoms with Gasteiger partial charge in [-0.15, -0.1) is 11.3 Å². The molecule has 0 bridgehead atoms. The lowest BCUT2D eigenvalue weighted by Crippen LogP contribution is -2.01. The number of pyridine rings is 1. The summed E-state index contributed by atoms with van der Waals surface area (Å²) in [5.41, 5.74) is 9.12. The molecule has 58 heavy (non-hydrogen) atoms. The second-order valence-electron chi connectivity index (χ2n) is 14.6. The van der Waals surface area contributed by atoms with E-state index in [1.807, 2.05) is 11.3 Å². The fraction of sp³-hybridized carbons (Fsp3) is 0. The van der Waals surface area contributed by atoms with Crippen LogP contribution >= 0.6 is 11.3 Å². The van der Waals surface area contributed by atoms with Gasteiger partial charge >= 0.3 is 0 Å². The number of thiophene rings is 1. The summed E-state index contributed by atoms with van der Waals surface area (Å²) in [6.45, 7) is 0. The minimum Gasteiger partial charge on any atom is -0.309 e. The predicted molar refractivity (Wildman–Crippen MR) is 242 cm³/mol. The molecule has 4 heterocycles. The van der Waals surface area contributed by atoms with Gasteiger partial charge in [-0.3, -0.25) is 0 Å². The number of hydrogen-bond acceptors (Lipinski definition) is 5. The highest BCUT2D eigenvalue weighted by molar-refractivity contribution is 7.26. The normalized spacial score (nSPS) is 11.8. The first-order chi connectivity index (χ1) is 28.7. The van der Waals surface area contributed by atoms with E-state index in [2.05, 4.69) is 193 Å². The lowest BCUT2D eigenvalue weighted by Gasteiger charge is -2.12. The van der Waals surface area contributed by atoms with Gasteiger partial charge < -0.3 is 4.57 Å². The van der Waals surface area contributed by atoms with Gasteiger partial charge in [0.1, 0.15) is 0 Å². The van der Waals surface area contributed by atoms with Crippen LogP contribution in [-0.4, -0.2) is 24.5 Å². The fourth-order valence-electron chi connectivity index (χ4n) is 8.47. The lowest BCUT2D eigenvalue weighted by molar-refractivity contribution is 1.07. The predicted octanol–water partition coefficient (Wildman–Crippen LogP) is 13.7. The molecule has 12 aromatic rings. The second-order valence-corrected chi connectivity index (χ2v) is 15.7. The molecule has 0 saturated carbocycles. The van der Waals surface area contributed by atoms with Crippen molar-refractivity contribution in [2.24, 2.45) is 0 Å². The molecule has 0 atom stereocenters. The van der Waals surface area contributed by atoms with E-state index in [1.54, 1.807) is 0 Å². The summed E-state index contributed by atoms with van der Waals surface area (Å²) in [5, 5.41) is 8.35. The maximum Gasteiger partial charge on any atom is 0.164 e. The third kappa shape index (κ3) is 5.23. The van der Waals surface area contributed by atoms with Gasteiger partial charge in [0.2, 0.25) is 0 Å². The largest absolute Gasteiger partial charge is 0.309 e. The van der Waals surface area contributed by atoms with E-state index in [-0.39, 0.29) is 0 Å². The number of para-hydroxylation sites is 3. The van der Waals surface area contributed by atoms with Gasteiger partial charge in [-0.1, -0.05) is 146 Å². The fourth-order valence-corrected chi connectivity index (χ4v) is 9.71. The average Bonchev–Trinajstić information content (AvgIpc) is 3.85. The Balaban J connectivity index is 1.02. The van der Waals surface area contributed by atoms with Gasteiger partial charge in [-0.05, 0) is 53.2 Å². The van der Waals surface area contributed by atoms with Crippen molar-refractivity contribution in [2.75, 3.05) is 0 Å². The Bertz CT molecular complexity index is 3530. The standard InChI is InChI=1S/C52H31N5S/c1-2-13-35-30-37(29-24-32(35)12-1)52-55-50(54-51(56-52)36-14-11-15-38(31-36)57-44-21-8-4-16-39(44)40-17-5-9-22-45(40)57)34-27-25-33(26-28-34)48-47-42-19-6-10-23-46(42)58-49(47)41-18-3-7-20-43(41)53-48/h1-31H. The summed E-state index contributed by atoms with van der Waals surface area (Å²) < 4.78 is 4.85. The van der Waals surface area contributed by atoms with Crippen molar-refractivity contribution in [2.45, 2.75) is 0 Å². The molecular weight excluding hydrogens is 727 g/mol. The molecule has 6 heteroatoms. The molecular formula is C52H31N5S. The first kappa shape index (κ1) is 32.7. The van der Waals surface area contributed by atoms with Crippen molar-refractivity contribution in [3.63, 3.8) is 0 Å². The number of rotatable bonds is 5. The summed E-state index contributed by atoms with van der Waals surface area (Å²) >= 11 is 1.83. The van der Waals surface area contributed by atoms with Crippen LogP contribution in [0.25, 0.3) is 115 Å². The summed E-state index contributed by atoms with van der Waals surface area (Å²) in [6.07, 6.45) is 0. The maximum absolute atomic E-state index is 5.26. The number of fused-ring (bicyclic) bond motifs is 9. The van der Waals surface area contributed by atoms with Crippen molar-refractivity contribution >= 4 is 75.0 Å². The highest BCUT2D eigenvalue weighted by Gasteiger charge is 2.19. The van der Waals surface area contributed by atoms with Gasteiger partial charge in [-0.25, -0.2) is 19.9 Å². The lowest BCUT2D eigenvalue weighted by atomic mass is 10.0. The summed E-state index contributed by atoms with van der Waals surface area (Å²) in [6, 6.07) is 66.1. The van der Waals surface area contributed by atoms with Crippen molar-refractivity contribution in [3.05, 3.63) is 188 Å². The molecule has 12 rings (SSSR count). The summed E-state index contributed by atoms with van der Waals surface area (Å²) in [4.78, 5) is 20.8. The molecule has 8 aromatic carbocycles. The van der Waals surface area contributed by atoms with Crippen LogP contribution in [-0.2, 0) is 0 Å². The van der Waals surface area contributed by atoms with Gasteiger partial charge in [0.25, 0.3) is 0 Å². The second kappa shape index (κ2) is 13.0. The number of nitrogens with zero attached hydrogens (tertiary/aromatic N) is 5. The Labute approximate surface area is 337 Å². The molecule has 0 radical (unpaired) electrons. The van der Waals surface area contributed by atoms with Gasteiger partial charge in [0.15, 0.2) is 17.5 Å². The van der Waals surface area contributed by atoms with Gasteiger partial charge in [0.05, 0.1) is 22.2 Å². The van der Waals surface area contributed by atoms with Crippen LogP contribution in [0.5, 0.6) is 0 Å². The van der Waals surface area contributed by atoms with Crippen molar-refractivity contribution < 1.29 is 0 Å². The van der Waals surface area contributed by atoms with Crippen LogP contribution in [0.3, 0.4) is 0 Å². The van der Waals surface area contributed by atoms with Crippen molar-refractivity contribution in [1.29, 1.82) is 0 Å². The first-order valence-electron chi connectivity index (χ1n) is 19.4. The summed E-state index contributed by atoms with van der Waals surface area (Å²) in [5.74, 6) is 1.85. The van der Waals surface area contributed by atoms with Crippen LogP contribution in [0.1, 0.15) is 0 Å². The van der Waals surface area contributed by atoms with E-state index in [9.17, 15) is 0 Å². The molecule has 0 aliphatic carbocycles. The van der Waals surface area contributed by atoms with Crippen LogP contribution < -0.4 is 0 Å². The topological polar surface area (TPSA) is 56.5 Å². The Kier molecular flexibility index (Phi) is 7.33. The monoisotopic (exact) mass is 757 g/mol. The molecule has 0 fully saturated rings. The molecule has 0 aliphatic rings. The van der Waals surface area contributed by atoms with E-state index >= 15 is 0 Å². The molecule has 4 aromatic heterocycles. The van der Waals surface area contributed by atoms with E-state index < -0.39 is 0 Å². The highest BCUT2D eigenvalue weighted by Crippen LogP contribution is 2.43. The van der Waals surface area contributed by atoms with E-state index in [1.165, 1.54) is 41.7 Å². The van der Waals surface area contributed by atoms with E-state index in [0.717, 1.165) is 55.6 Å². The number of hydrogen-bond donors (Lipinski definition) is 0. The minimum atomic E-state index is 0.611. The Morgan fingerprint density at radius 3 is 1.71 bits per heavy atom. The molecule has 0 N–H and O–H groups in total. The van der Waals surface area contributed by atoms with E-state index in [0.29, 0.717) is 17.5 Å². The quantitative estimate of drug-likeness (QED) is 0.175. The molecule has 5 nitrogen and oxygen atoms in total. The van der Waals surface area contributed by atoms with Crippen LogP contribution in [0, 0.1) is 0 Å². The zero-order chi connectivity index (χ0) is 38.2. The first-order valence-corrected chi connectivity index (χ1v) is 20.2. The van der Waals surface area contributed by atoms with Gasteiger partial charge in [-0.2, -0.15) is 0 Å². The highest BCUT2D eigenvalue weighted by atomic mass is 32.1. The maximum atomic E-state index is 5.26. The molecule has 0 amide bonds. The molecule has 0 saturated heterocycles. The zero-order valence-corrected chi connectivity index (χ0v) is 31.9. The minimum absolute atomic E-state index is 0.611. The van der Waals surface area contributed by atoms with Crippen molar-refractivity contribution in [1.82, 2.24) is 24.5 Å². The molecule has 270 valence electrons. The molecule has 0 unspecified atom stereocenters. The Morgan fingerprint density at radius 1 is 0.379 bits per heavy atom. The number of aromatic nitrogens is 5. The number of benzene rings is 8. The van der Waals surface area contributed by atoms with Gasteiger partial charge in [0, 0.05) is 64.3 Å². The van der Waals surface area contributed by atoms with Crippen LogP contribution in [0.2, 0.25) is 0 Å².